The van der Waals surface area contributed by atoms with Gasteiger partial charge < -0.3 is 14.8 Å². The molecule has 0 aliphatic heterocycles. The van der Waals surface area contributed by atoms with Crippen molar-refractivity contribution in [1.29, 1.82) is 0 Å². The van der Waals surface area contributed by atoms with Gasteiger partial charge in [0.05, 0.1) is 25.0 Å². The third-order valence-corrected chi connectivity index (χ3v) is 9.52. The first-order valence-electron chi connectivity index (χ1n) is 13.2. The number of anilines is 1. The highest BCUT2D eigenvalue weighted by atomic mass is 32.2. The zero-order valence-electron chi connectivity index (χ0n) is 22.4. The number of ether oxygens (including phenoxy) is 2. The summed E-state index contributed by atoms with van der Waals surface area (Å²) in [6, 6.07) is 17.4. The summed E-state index contributed by atoms with van der Waals surface area (Å²) < 4.78 is 39.0. The van der Waals surface area contributed by atoms with Crippen molar-refractivity contribution in [2.24, 2.45) is 5.92 Å². The molecule has 2 aromatic carbocycles. The van der Waals surface area contributed by atoms with Crippen LogP contribution in [-0.4, -0.2) is 38.5 Å². The van der Waals surface area contributed by atoms with Gasteiger partial charge in [-0.25, -0.2) is 23.1 Å². The van der Waals surface area contributed by atoms with Crippen molar-refractivity contribution < 1.29 is 22.7 Å². The fourth-order valence-electron chi connectivity index (χ4n) is 5.06. The van der Waals surface area contributed by atoms with Gasteiger partial charge in [-0.15, -0.1) is 0 Å². The van der Waals surface area contributed by atoms with E-state index in [0.29, 0.717) is 39.4 Å². The van der Waals surface area contributed by atoms with E-state index in [0.717, 1.165) is 24.0 Å². The number of aromatic nitrogens is 2. The Balaban J connectivity index is 1.32. The molecule has 4 aromatic rings. The van der Waals surface area contributed by atoms with Gasteiger partial charge in [-0.3, -0.25) is 4.79 Å². The van der Waals surface area contributed by atoms with Gasteiger partial charge in [0.1, 0.15) is 16.1 Å². The van der Waals surface area contributed by atoms with Crippen molar-refractivity contribution in [3.8, 4) is 11.6 Å². The molecule has 0 bridgehead atoms. The highest BCUT2D eigenvalue weighted by Crippen LogP contribution is 2.36. The van der Waals surface area contributed by atoms with Gasteiger partial charge in [-0.2, -0.15) is 0 Å². The van der Waals surface area contributed by atoms with E-state index >= 15 is 0 Å². The second kappa shape index (κ2) is 12.3. The third kappa shape index (κ3) is 6.60. The van der Waals surface area contributed by atoms with Gasteiger partial charge in [0, 0.05) is 12.6 Å². The molecule has 0 spiro atoms. The lowest BCUT2D eigenvalue weighted by molar-refractivity contribution is -0.118. The molecule has 210 valence electrons. The van der Waals surface area contributed by atoms with Gasteiger partial charge in [0.25, 0.3) is 0 Å². The molecule has 1 saturated carbocycles. The molecule has 2 heterocycles. The van der Waals surface area contributed by atoms with Crippen LogP contribution in [0.25, 0.3) is 10.3 Å². The zero-order valence-corrected chi connectivity index (χ0v) is 24.1. The van der Waals surface area contributed by atoms with Crippen molar-refractivity contribution in [3.63, 3.8) is 0 Å². The van der Waals surface area contributed by atoms with E-state index < -0.39 is 15.9 Å². The number of nitrogens with zero attached hydrogens (tertiary/aromatic N) is 2. The van der Waals surface area contributed by atoms with E-state index in [1.54, 1.807) is 56.7 Å². The summed E-state index contributed by atoms with van der Waals surface area (Å²) in [6.07, 6.45) is 5.22. The highest BCUT2D eigenvalue weighted by Gasteiger charge is 2.28. The van der Waals surface area contributed by atoms with Gasteiger partial charge in [-0.1, -0.05) is 61.3 Å². The molecule has 2 N–H and O–H groups in total. The number of carbonyl (C=O) groups is 1. The minimum absolute atomic E-state index is 0.136. The zero-order chi connectivity index (χ0) is 28.1. The standard InChI is InChI=1S/C29H32N4O5S2/c1-37-22-9-5-8-20(16-22)18-30-40(35,36)23-12-10-21(11-13-23)24(17-19-6-3-4-7-19)27(34)33-29-31-25-14-15-26(38-2)32-28(25)39-29/h5,8-16,19,24,30H,3-4,6-7,17-18H2,1-2H3,(H,31,33,34). The molecule has 0 radical (unpaired) electrons. The Morgan fingerprint density at radius 1 is 1.02 bits per heavy atom. The Bertz CT molecular complexity index is 1580. The second-order valence-electron chi connectivity index (χ2n) is 9.87. The smallest absolute Gasteiger partial charge is 0.240 e. The monoisotopic (exact) mass is 580 g/mol. The largest absolute Gasteiger partial charge is 0.497 e. The molecule has 1 aliphatic rings. The molecule has 9 nitrogen and oxygen atoms in total. The number of fused-ring (bicyclic) bond motifs is 1. The molecule has 1 aliphatic carbocycles. The van der Waals surface area contributed by atoms with Crippen LogP contribution in [0.15, 0.2) is 65.6 Å². The van der Waals surface area contributed by atoms with Gasteiger partial charge >= 0.3 is 0 Å². The molecule has 40 heavy (non-hydrogen) atoms. The van der Waals surface area contributed by atoms with Crippen molar-refractivity contribution in [3.05, 3.63) is 71.8 Å². The Morgan fingerprint density at radius 2 is 1.80 bits per heavy atom. The average molecular weight is 581 g/mol. The fourth-order valence-corrected chi connectivity index (χ4v) is 6.91. The maximum absolute atomic E-state index is 13.6. The number of benzene rings is 2. The van der Waals surface area contributed by atoms with Crippen molar-refractivity contribution >= 4 is 42.7 Å². The van der Waals surface area contributed by atoms with Gasteiger partial charge in [-0.05, 0) is 53.8 Å². The number of rotatable bonds is 11. The van der Waals surface area contributed by atoms with E-state index in [2.05, 4.69) is 20.0 Å². The first kappa shape index (κ1) is 28.0. The SMILES string of the molecule is COc1cccc(CNS(=O)(=O)c2ccc(C(CC3CCCC3)C(=O)Nc3nc4ccc(OC)nc4s3)cc2)c1. The maximum atomic E-state index is 13.6. The Kier molecular flexibility index (Phi) is 8.63. The lowest BCUT2D eigenvalue weighted by atomic mass is 9.87. The molecule has 1 fully saturated rings. The highest BCUT2D eigenvalue weighted by molar-refractivity contribution is 7.89. The minimum atomic E-state index is -3.75. The molecular formula is C29H32N4O5S2. The molecule has 2 aromatic heterocycles. The summed E-state index contributed by atoms with van der Waals surface area (Å²) in [6.45, 7) is 0.136. The summed E-state index contributed by atoms with van der Waals surface area (Å²) in [7, 11) is -0.627. The maximum Gasteiger partial charge on any atom is 0.240 e. The third-order valence-electron chi connectivity index (χ3n) is 7.22. The van der Waals surface area contributed by atoms with Crippen LogP contribution in [0.4, 0.5) is 5.13 Å². The number of thiazole rings is 1. The lowest BCUT2D eigenvalue weighted by Crippen LogP contribution is -2.24. The molecule has 1 atom stereocenters. The van der Waals surface area contributed by atoms with Crippen LogP contribution in [0, 0.1) is 5.92 Å². The molecule has 1 unspecified atom stereocenters. The van der Waals surface area contributed by atoms with Crippen LogP contribution in [0.2, 0.25) is 0 Å². The topological polar surface area (TPSA) is 120 Å². The first-order chi connectivity index (χ1) is 19.3. The van der Waals surface area contributed by atoms with E-state index in [9.17, 15) is 13.2 Å². The summed E-state index contributed by atoms with van der Waals surface area (Å²) in [5, 5.41) is 3.45. The Morgan fingerprint density at radius 3 is 2.52 bits per heavy atom. The van der Waals surface area contributed by atoms with Crippen molar-refractivity contribution in [2.45, 2.75) is 49.5 Å². The molecule has 1 amide bonds. The van der Waals surface area contributed by atoms with Crippen LogP contribution < -0.4 is 19.5 Å². The van der Waals surface area contributed by atoms with Gasteiger partial charge in [0.2, 0.25) is 21.8 Å². The predicted octanol–water partition coefficient (Wildman–Crippen LogP) is 5.49. The average Bonchev–Trinajstić information content (AvgIpc) is 3.64. The first-order valence-corrected chi connectivity index (χ1v) is 15.5. The molecule has 0 saturated heterocycles. The predicted molar refractivity (Wildman–Crippen MR) is 155 cm³/mol. The van der Waals surface area contributed by atoms with Crippen molar-refractivity contribution in [1.82, 2.24) is 14.7 Å². The number of pyridine rings is 1. The number of carbonyl (C=O) groups excluding carboxylic acids is 1. The van der Waals surface area contributed by atoms with Crippen LogP contribution in [0.3, 0.4) is 0 Å². The number of hydrogen-bond donors (Lipinski definition) is 2. The number of methoxy groups -OCH3 is 2. The fraction of sp³-hybridized carbons (Fsp3) is 0.345. The molecular weight excluding hydrogens is 548 g/mol. The number of amides is 1. The van der Waals surface area contributed by atoms with Crippen LogP contribution in [0.1, 0.15) is 49.1 Å². The van der Waals surface area contributed by atoms with E-state index in [1.165, 1.54) is 24.2 Å². The second-order valence-corrected chi connectivity index (χ2v) is 12.6. The summed E-state index contributed by atoms with van der Waals surface area (Å²) in [5.41, 5.74) is 2.25. The molecule has 11 heteroatoms. The molecule has 5 rings (SSSR count). The van der Waals surface area contributed by atoms with Crippen LogP contribution >= 0.6 is 11.3 Å². The van der Waals surface area contributed by atoms with Crippen LogP contribution in [-0.2, 0) is 21.4 Å². The Hall–Kier alpha value is -3.54. The lowest BCUT2D eigenvalue weighted by Gasteiger charge is -2.20. The Labute approximate surface area is 238 Å². The van der Waals surface area contributed by atoms with Crippen molar-refractivity contribution in [2.75, 3.05) is 19.5 Å². The van der Waals surface area contributed by atoms with E-state index in [-0.39, 0.29) is 17.3 Å². The summed E-state index contributed by atoms with van der Waals surface area (Å²) in [4.78, 5) is 23.3. The summed E-state index contributed by atoms with van der Waals surface area (Å²) >= 11 is 1.29. The van der Waals surface area contributed by atoms with E-state index in [4.69, 9.17) is 9.47 Å². The normalized spacial score (nSPS) is 14.8. The quantitative estimate of drug-likeness (QED) is 0.241. The van der Waals surface area contributed by atoms with Gasteiger partial charge in [0.15, 0.2) is 5.13 Å². The minimum Gasteiger partial charge on any atom is -0.497 e. The van der Waals surface area contributed by atoms with Crippen LogP contribution in [0.5, 0.6) is 11.6 Å². The number of nitrogens with one attached hydrogen (secondary N) is 2. The number of hydrogen-bond acceptors (Lipinski definition) is 8. The summed E-state index contributed by atoms with van der Waals surface area (Å²) in [5.74, 6) is 1.00. The number of sulfonamides is 1. The van der Waals surface area contributed by atoms with E-state index in [1.807, 2.05) is 18.2 Å².